The molecule has 1 saturated heterocycles. The Hall–Kier alpha value is -2.62. The van der Waals surface area contributed by atoms with Gasteiger partial charge in [-0.1, -0.05) is 33.8 Å². The second kappa shape index (κ2) is 10.3. The van der Waals surface area contributed by atoms with E-state index < -0.39 is 0 Å². The number of rotatable bonds is 7. The van der Waals surface area contributed by atoms with Gasteiger partial charge >= 0.3 is 0 Å². The Balaban J connectivity index is 1.01. The number of imidazole rings is 1. The average molecular weight is 541 g/mol. The fourth-order valence-electron chi connectivity index (χ4n) is 4.21. The lowest BCUT2D eigenvalue weighted by molar-refractivity contribution is -0.116. The summed E-state index contributed by atoms with van der Waals surface area (Å²) in [5.74, 6) is -0.00273. The molecule has 5 rings (SSSR count). The van der Waals surface area contributed by atoms with Crippen LogP contribution >= 0.6 is 27.7 Å². The van der Waals surface area contributed by atoms with Crippen LogP contribution in [0.25, 0.3) is 11.7 Å². The first-order valence-electron chi connectivity index (χ1n) is 11.4. The standard InChI is InChI=1S/C25H25BrN4O3S/c26-18-7-5-17(6-8-18)25(32)29-12-9-20(10-13-29)33-14-2-11-27-24(31)21-15-19-16-28-22-3-1-4-23(34-21)30(19)22/h1,3-8,15-16,20H,2,9-14H2,(H,27,31). The molecule has 1 aromatic carbocycles. The summed E-state index contributed by atoms with van der Waals surface area (Å²) < 4.78 is 9.02. The molecule has 0 radical (unpaired) electrons. The monoisotopic (exact) mass is 540 g/mol. The van der Waals surface area contributed by atoms with E-state index in [-0.39, 0.29) is 17.9 Å². The van der Waals surface area contributed by atoms with Crippen molar-refractivity contribution in [1.82, 2.24) is 19.6 Å². The number of carbonyl (C=O) groups excluding carboxylic acids is 2. The molecule has 0 bridgehead atoms. The highest BCUT2D eigenvalue weighted by molar-refractivity contribution is 9.10. The molecule has 7 nitrogen and oxygen atoms in total. The van der Waals surface area contributed by atoms with Crippen LogP contribution in [0.5, 0.6) is 0 Å². The predicted octanol–water partition coefficient (Wildman–Crippen LogP) is 4.37. The maximum atomic E-state index is 12.6. The van der Waals surface area contributed by atoms with Crippen LogP contribution in [0.4, 0.5) is 0 Å². The summed E-state index contributed by atoms with van der Waals surface area (Å²) in [5, 5.41) is 3.99. The van der Waals surface area contributed by atoms with Crippen molar-refractivity contribution < 1.29 is 14.3 Å². The van der Waals surface area contributed by atoms with Gasteiger partial charge in [-0.15, -0.1) is 0 Å². The van der Waals surface area contributed by atoms with Crippen molar-refractivity contribution in [1.29, 1.82) is 0 Å². The fourth-order valence-corrected chi connectivity index (χ4v) is 5.48. The Morgan fingerprint density at radius 1 is 1.15 bits per heavy atom. The van der Waals surface area contributed by atoms with Gasteiger partial charge in [0.1, 0.15) is 5.65 Å². The van der Waals surface area contributed by atoms with E-state index in [0.717, 1.165) is 40.1 Å². The number of carbonyl (C=O) groups is 2. The lowest BCUT2D eigenvalue weighted by atomic mass is 10.1. The van der Waals surface area contributed by atoms with E-state index in [1.807, 2.05) is 57.8 Å². The number of amides is 2. The maximum Gasteiger partial charge on any atom is 0.258 e. The Morgan fingerprint density at radius 3 is 2.74 bits per heavy atom. The summed E-state index contributed by atoms with van der Waals surface area (Å²) in [6.07, 6.45) is 6.23. The van der Waals surface area contributed by atoms with E-state index >= 15 is 0 Å². The third-order valence-corrected chi connectivity index (χ3v) is 7.60. The highest BCUT2D eigenvalue weighted by atomic mass is 79.9. The SMILES string of the molecule is O=C(NCCCOC1CCN(C(=O)c2ccc(Br)cc2)CC1)C1=Cc2cnc3cccc(n23)S1. The largest absolute Gasteiger partial charge is 0.378 e. The van der Waals surface area contributed by atoms with Crippen molar-refractivity contribution in [2.45, 2.75) is 30.4 Å². The van der Waals surface area contributed by atoms with Gasteiger partial charge in [0.2, 0.25) is 0 Å². The van der Waals surface area contributed by atoms with Crippen molar-refractivity contribution >= 4 is 51.2 Å². The number of aromatic nitrogens is 2. The highest BCUT2D eigenvalue weighted by Crippen LogP contribution is 2.34. The van der Waals surface area contributed by atoms with Gasteiger partial charge in [0.25, 0.3) is 11.8 Å². The molecule has 9 heteroatoms. The van der Waals surface area contributed by atoms with Crippen molar-refractivity contribution in [3.63, 3.8) is 0 Å². The third kappa shape index (κ3) is 5.06. The number of piperidine rings is 1. The van der Waals surface area contributed by atoms with E-state index in [0.29, 0.717) is 36.7 Å². The molecule has 4 heterocycles. The lowest BCUT2D eigenvalue weighted by Gasteiger charge is -2.32. The molecule has 0 unspecified atom stereocenters. The summed E-state index contributed by atoms with van der Waals surface area (Å²) in [4.78, 5) is 32.2. The molecule has 2 amide bonds. The molecule has 1 N–H and O–H groups in total. The van der Waals surface area contributed by atoms with Crippen LogP contribution in [-0.2, 0) is 9.53 Å². The van der Waals surface area contributed by atoms with Crippen LogP contribution in [0.3, 0.4) is 0 Å². The number of pyridine rings is 1. The zero-order valence-corrected chi connectivity index (χ0v) is 21.0. The zero-order valence-electron chi connectivity index (χ0n) is 18.6. The number of nitrogens with one attached hydrogen (secondary N) is 1. The lowest BCUT2D eigenvalue weighted by Crippen LogP contribution is -2.41. The minimum atomic E-state index is -0.0748. The Morgan fingerprint density at radius 2 is 1.94 bits per heavy atom. The topological polar surface area (TPSA) is 75.9 Å². The van der Waals surface area contributed by atoms with Gasteiger partial charge in [0.15, 0.2) is 0 Å². The maximum absolute atomic E-state index is 12.6. The molecule has 2 aromatic heterocycles. The minimum absolute atomic E-state index is 0.0721. The summed E-state index contributed by atoms with van der Waals surface area (Å²) in [6, 6.07) is 13.4. The quantitative estimate of drug-likeness (QED) is 0.450. The first kappa shape index (κ1) is 23.1. The normalized spacial score (nSPS) is 15.9. The van der Waals surface area contributed by atoms with Crippen molar-refractivity contribution in [3.8, 4) is 0 Å². The zero-order chi connectivity index (χ0) is 23.5. The third-order valence-electron chi connectivity index (χ3n) is 6.02. The van der Waals surface area contributed by atoms with Crippen LogP contribution in [0, 0.1) is 0 Å². The Bertz CT molecular complexity index is 1230. The van der Waals surface area contributed by atoms with Crippen LogP contribution in [-0.4, -0.2) is 58.4 Å². The minimum Gasteiger partial charge on any atom is -0.378 e. The van der Waals surface area contributed by atoms with E-state index in [2.05, 4.69) is 26.2 Å². The number of likely N-dealkylation sites (tertiary alicyclic amines) is 1. The second-order valence-corrected chi connectivity index (χ2v) is 10.3. The summed E-state index contributed by atoms with van der Waals surface area (Å²) in [5.41, 5.74) is 2.52. The first-order valence-corrected chi connectivity index (χ1v) is 13.0. The van der Waals surface area contributed by atoms with Crippen molar-refractivity contribution in [2.24, 2.45) is 0 Å². The van der Waals surface area contributed by atoms with Crippen LogP contribution in [0.2, 0.25) is 0 Å². The van der Waals surface area contributed by atoms with Gasteiger partial charge in [0, 0.05) is 36.3 Å². The molecule has 2 aliphatic rings. The van der Waals surface area contributed by atoms with Crippen molar-refractivity contribution in [2.75, 3.05) is 26.2 Å². The molecule has 1 fully saturated rings. The van der Waals surface area contributed by atoms with Crippen LogP contribution in [0.1, 0.15) is 35.3 Å². The highest BCUT2D eigenvalue weighted by Gasteiger charge is 2.24. The number of thioether (sulfide) groups is 1. The van der Waals surface area contributed by atoms with Crippen molar-refractivity contribution in [3.05, 3.63) is 69.3 Å². The number of hydrogen-bond donors (Lipinski definition) is 1. The smallest absolute Gasteiger partial charge is 0.258 e. The van der Waals surface area contributed by atoms with E-state index in [1.54, 1.807) is 6.20 Å². The number of hydrogen-bond acceptors (Lipinski definition) is 5. The molecule has 3 aromatic rings. The van der Waals surface area contributed by atoms with Gasteiger partial charge < -0.3 is 15.0 Å². The second-order valence-electron chi connectivity index (χ2n) is 8.33. The average Bonchev–Trinajstić information content (AvgIpc) is 3.28. The van der Waals surface area contributed by atoms with Gasteiger partial charge in [-0.05, 0) is 61.7 Å². The molecule has 0 aliphatic carbocycles. The molecule has 0 spiro atoms. The number of halogens is 1. The molecular formula is C25H25BrN4O3S. The van der Waals surface area contributed by atoms with Gasteiger partial charge in [0.05, 0.1) is 27.9 Å². The van der Waals surface area contributed by atoms with E-state index in [4.69, 9.17) is 4.74 Å². The van der Waals surface area contributed by atoms with E-state index in [9.17, 15) is 9.59 Å². The van der Waals surface area contributed by atoms with E-state index in [1.165, 1.54) is 11.8 Å². The predicted molar refractivity (Wildman–Crippen MR) is 136 cm³/mol. The Kier molecular flexibility index (Phi) is 7.03. The number of nitrogens with zero attached hydrogens (tertiary/aromatic N) is 3. The molecule has 176 valence electrons. The molecule has 0 saturated carbocycles. The van der Waals surface area contributed by atoms with Gasteiger partial charge in [-0.2, -0.15) is 0 Å². The summed E-state index contributed by atoms with van der Waals surface area (Å²) in [6.45, 7) is 2.54. The summed E-state index contributed by atoms with van der Waals surface area (Å²) in [7, 11) is 0. The van der Waals surface area contributed by atoms with Crippen LogP contribution < -0.4 is 5.32 Å². The molecule has 2 aliphatic heterocycles. The van der Waals surface area contributed by atoms with Crippen LogP contribution in [0.15, 0.2) is 63.1 Å². The molecular weight excluding hydrogens is 516 g/mol. The van der Waals surface area contributed by atoms with Gasteiger partial charge in [-0.3, -0.25) is 14.0 Å². The number of benzene rings is 1. The van der Waals surface area contributed by atoms with Gasteiger partial charge in [-0.25, -0.2) is 4.98 Å². The molecule has 34 heavy (non-hydrogen) atoms. The Labute approximate surface area is 210 Å². The number of ether oxygens (including phenoxy) is 1. The molecule has 0 atom stereocenters. The fraction of sp³-hybridized carbons (Fsp3) is 0.320. The summed E-state index contributed by atoms with van der Waals surface area (Å²) >= 11 is 4.86. The first-order chi connectivity index (χ1) is 16.6.